The highest BCUT2D eigenvalue weighted by Crippen LogP contribution is 2.18. The number of hydrogen-bond donors (Lipinski definition) is 2. The van der Waals surface area contributed by atoms with Gasteiger partial charge in [-0.25, -0.2) is 9.37 Å². The maximum atomic E-state index is 13.4. The van der Waals surface area contributed by atoms with Gasteiger partial charge in [-0.3, -0.25) is 9.59 Å². The molecule has 4 aromatic rings. The second-order valence-corrected chi connectivity index (χ2v) is 7.55. The SMILES string of the molecule is O=C(Cn1c(CCNC(=O)c2ccccc2Cl)nc2ccccc21)Nc1cccc(F)c1. The first-order chi connectivity index (χ1) is 15.5. The fraction of sp³-hybridized carbons (Fsp3) is 0.125. The van der Waals surface area contributed by atoms with E-state index in [1.165, 1.54) is 18.2 Å². The van der Waals surface area contributed by atoms with Crippen LogP contribution in [0.4, 0.5) is 10.1 Å². The lowest BCUT2D eigenvalue weighted by Gasteiger charge is -2.11. The summed E-state index contributed by atoms with van der Waals surface area (Å²) in [6, 6.07) is 20.0. The van der Waals surface area contributed by atoms with Gasteiger partial charge in [0.1, 0.15) is 18.2 Å². The molecule has 0 bridgehead atoms. The van der Waals surface area contributed by atoms with Crippen molar-refractivity contribution in [2.75, 3.05) is 11.9 Å². The number of fused-ring (bicyclic) bond motifs is 1. The lowest BCUT2D eigenvalue weighted by molar-refractivity contribution is -0.116. The summed E-state index contributed by atoms with van der Waals surface area (Å²) in [4.78, 5) is 29.6. The van der Waals surface area contributed by atoms with E-state index in [1.54, 1.807) is 34.9 Å². The van der Waals surface area contributed by atoms with Crippen LogP contribution in [0.2, 0.25) is 5.02 Å². The van der Waals surface area contributed by atoms with E-state index in [0.717, 1.165) is 11.0 Å². The third-order valence-electron chi connectivity index (χ3n) is 4.90. The zero-order chi connectivity index (χ0) is 22.5. The summed E-state index contributed by atoms with van der Waals surface area (Å²) < 4.78 is 15.2. The maximum absolute atomic E-state index is 13.4. The Bertz CT molecular complexity index is 1290. The van der Waals surface area contributed by atoms with Crippen LogP contribution in [0.25, 0.3) is 11.0 Å². The predicted octanol–water partition coefficient (Wildman–Crippen LogP) is 4.44. The maximum Gasteiger partial charge on any atom is 0.252 e. The average Bonchev–Trinajstić information content (AvgIpc) is 3.11. The van der Waals surface area contributed by atoms with E-state index < -0.39 is 5.82 Å². The average molecular weight is 451 g/mol. The van der Waals surface area contributed by atoms with Crippen molar-refractivity contribution in [3.05, 3.63) is 95.0 Å². The van der Waals surface area contributed by atoms with E-state index in [9.17, 15) is 14.0 Å². The van der Waals surface area contributed by atoms with Crippen molar-refractivity contribution < 1.29 is 14.0 Å². The fourth-order valence-electron chi connectivity index (χ4n) is 3.43. The first kappa shape index (κ1) is 21.5. The molecule has 0 saturated carbocycles. The van der Waals surface area contributed by atoms with E-state index in [4.69, 9.17) is 11.6 Å². The van der Waals surface area contributed by atoms with Crippen LogP contribution in [-0.4, -0.2) is 27.9 Å². The van der Waals surface area contributed by atoms with Crippen LogP contribution >= 0.6 is 11.6 Å². The Kier molecular flexibility index (Phi) is 6.47. The highest BCUT2D eigenvalue weighted by Gasteiger charge is 2.15. The Morgan fingerprint density at radius 3 is 2.59 bits per heavy atom. The number of rotatable bonds is 7. The quantitative estimate of drug-likeness (QED) is 0.437. The summed E-state index contributed by atoms with van der Waals surface area (Å²) >= 11 is 6.08. The van der Waals surface area contributed by atoms with Crippen molar-refractivity contribution in [3.63, 3.8) is 0 Å². The number of anilines is 1. The third-order valence-corrected chi connectivity index (χ3v) is 5.23. The van der Waals surface area contributed by atoms with Crippen molar-refractivity contribution in [2.45, 2.75) is 13.0 Å². The molecule has 0 aliphatic heterocycles. The summed E-state index contributed by atoms with van der Waals surface area (Å²) in [5, 5.41) is 5.92. The Hall–Kier alpha value is -3.71. The highest BCUT2D eigenvalue weighted by molar-refractivity contribution is 6.33. The van der Waals surface area contributed by atoms with Gasteiger partial charge >= 0.3 is 0 Å². The predicted molar refractivity (Wildman–Crippen MR) is 122 cm³/mol. The Morgan fingerprint density at radius 2 is 1.78 bits per heavy atom. The second kappa shape index (κ2) is 9.62. The molecular formula is C24H20ClFN4O2. The van der Waals surface area contributed by atoms with Crippen LogP contribution in [0.3, 0.4) is 0 Å². The van der Waals surface area contributed by atoms with E-state index >= 15 is 0 Å². The number of para-hydroxylation sites is 2. The van der Waals surface area contributed by atoms with Crippen LogP contribution in [0.1, 0.15) is 16.2 Å². The number of carbonyl (C=O) groups excluding carboxylic acids is 2. The number of halogens is 2. The molecule has 6 nitrogen and oxygen atoms in total. The Morgan fingerprint density at radius 1 is 1.00 bits per heavy atom. The molecule has 8 heteroatoms. The molecule has 0 aliphatic rings. The van der Waals surface area contributed by atoms with E-state index in [0.29, 0.717) is 35.1 Å². The van der Waals surface area contributed by atoms with Gasteiger partial charge < -0.3 is 15.2 Å². The summed E-state index contributed by atoms with van der Waals surface area (Å²) in [7, 11) is 0. The molecule has 4 rings (SSSR count). The van der Waals surface area contributed by atoms with Gasteiger partial charge in [0, 0.05) is 18.7 Å². The monoisotopic (exact) mass is 450 g/mol. The standard InChI is InChI=1S/C24H20ClFN4O2/c25-19-9-2-1-8-18(19)24(32)27-13-12-22-29-20-10-3-4-11-21(20)30(22)15-23(31)28-17-7-5-6-16(26)14-17/h1-11,14H,12-13,15H2,(H,27,32)(H,28,31). The van der Waals surface area contributed by atoms with Gasteiger partial charge in [-0.2, -0.15) is 0 Å². The first-order valence-corrected chi connectivity index (χ1v) is 10.4. The number of aromatic nitrogens is 2. The lowest BCUT2D eigenvalue weighted by Crippen LogP contribution is -2.27. The van der Waals surface area contributed by atoms with Crippen LogP contribution in [-0.2, 0) is 17.8 Å². The van der Waals surface area contributed by atoms with Crippen LogP contribution in [0.5, 0.6) is 0 Å². The Labute approximate surface area is 189 Å². The molecule has 32 heavy (non-hydrogen) atoms. The Balaban J connectivity index is 1.48. The summed E-state index contributed by atoms with van der Waals surface area (Å²) in [6.45, 7) is 0.323. The summed E-state index contributed by atoms with van der Waals surface area (Å²) in [5.74, 6) is -0.354. The van der Waals surface area contributed by atoms with Gasteiger partial charge in [0.2, 0.25) is 5.91 Å². The summed E-state index contributed by atoms with van der Waals surface area (Å²) in [6.07, 6.45) is 0.415. The number of nitrogens with one attached hydrogen (secondary N) is 2. The molecule has 0 unspecified atom stereocenters. The molecule has 2 amide bonds. The van der Waals surface area contributed by atoms with Gasteiger partial charge in [0.25, 0.3) is 5.91 Å². The van der Waals surface area contributed by atoms with Crippen LogP contribution in [0.15, 0.2) is 72.8 Å². The largest absolute Gasteiger partial charge is 0.352 e. The lowest BCUT2D eigenvalue weighted by atomic mass is 10.2. The minimum Gasteiger partial charge on any atom is -0.352 e. The molecule has 0 saturated heterocycles. The molecule has 0 atom stereocenters. The number of imidazole rings is 1. The zero-order valence-electron chi connectivity index (χ0n) is 17.0. The minimum atomic E-state index is -0.425. The van der Waals surface area contributed by atoms with Crippen molar-refractivity contribution in [1.29, 1.82) is 0 Å². The number of hydrogen-bond acceptors (Lipinski definition) is 3. The van der Waals surface area contributed by atoms with Crippen molar-refractivity contribution in [2.24, 2.45) is 0 Å². The fourth-order valence-corrected chi connectivity index (χ4v) is 3.65. The number of carbonyl (C=O) groups is 2. The van der Waals surface area contributed by atoms with Crippen LogP contribution in [0, 0.1) is 5.82 Å². The molecule has 3 aromatic carbocycles. The molecular weight excluding hydrogens is 431 g/mol. The second-order valence-electron chi connectivity index (χ2n) is 7.15. The molecule has 2 N–H and O–H groups in total. The number of nitrogens with zero attached hydrogens (tertiary/aromatic N) is 2. The van der Waals surface area contributed by atoms with Crippen molar-refractivity contribution >= 4 is 40.1 Å². The van der Waals surface area contributed by atoms with E-state index in [1.807, 2.05) is 24.3 Å². The normalized spacial score (nSPS) is 10.8. The van der Waals surface area contributed by atoms with Gasteiger partial charge in [-0.05, 0) is 42.5 Å². The summed E-state index contributed by atoms with van der Waals surface area (Å²) in [5.41, 5.74) is 2.33. The molecule has 1 aromatic heterocycles. The molecule has 162 valence electrons. The van der Waals surface area contributed by atoms with Gasteiger partial charge in [-0.15, -0.1) is 0 Å². The molecule has 1 heterocycles. The smallest absolute Gasteiger partial charge is 0.252 e. The molecule has 0 spiro atoms. The molecule has 0 fully saturated rings. The molecule has 0 aliphatic carbocycles. The number of amides is 2. The zero-order valence-corrected chi connectivity index (χ0v) is 17.8. The highest BCUT2D eigenvalue weighted by atomic mass is 35.5. The van der Waals surface area contributed by atoms with Crippen molar-refractivity contribution in [1.82, 2.24) is 14.9 Å². The van der Waals surface area contributed by atoms with Gasteiger partial charge in [0.05, 0.1) is 21.6 Å². The van der Waals surface area contributed by atoms with Gasteiger partial charge in [0.15, 0.2) is 0 Å². The van der Waals surface area contributed by atoms with E-state index in [-0.39, 0.29) is 18.4 Å². The third kappa shape index (κ3) is 4.95. The minimum absolute atomic E-state index is 0.00478. The first-order valence-electron chi connectivity index (χ1n) is 10.0. The van der Waals surface area contributed by atoms with Crippen molar-refractivity contribution in [3.8, 4) is 0 Å². The van der Waals surface area contributed by atoms with E-state index in [2.05, 4.69) is 15.6 Å². The van der Waals surface area contributed by atoms with Gasteiger partial charge in [-0.1, -0.05) is 41.9 Å². The topological polar surface area (TPSA) is 76.0 Å². The molecule has 0 radical (unpaired) electrons. The van der Waals surface area contributed by atoms with Crippen LogP contribution < -0.4 is 10.6 Å². The number of benzene rings is 3.